The van der Waals surface area contributed by atoms with Crippen molar-refractivity contribution in [1.82, 2.24) is 19.7 Å². The summed E-state index contributed by atoms with van der Waals surface area (Å²) >= 11 is 2.67. The van der Waals surface area contributed by atoms with Gasteiger partial charge in [0.15, 0.2) is 16.1 Å². The van der Waals surface area contributed by atoms with Crippen LogP contribution in [-0.2, 0) is 11.3 Å². The van der Waals surface area contributed by atoms with Gasteiger partial charge in [0.1, 0.15) is 5.82 Å². The number of amides is 1. The first-order valence-electron chi connectivity index (χ1n) is 8.15. The Bertz CT molecular complexity index is 963. The number of anilines is 1. The van der Waals surface area contributed by atoms with Gasteiger partial charge >= 0.3 is 0 Å². The van der Waals surface area contributed by atoms with Crippen molar-refractivity contribution in [2.75, 3.05) is 11.1 Å². The molecule has 0 saturated heterocycles. The Morgan fingerprint density at radius 2 is 2.15 bits per heavy atom. The fourth-order valence-corrected chi connectivity index (χ4v) is 3.92. The van der Waals surface area contributed by atoms with Crippen LogP contribution in [0.4, 0.5) is 9.52 Å². The second-order valence-corrected chi connectivity index (χ2v) is 7.83. The normalized spacial score (nSPS) is 10.8. The predicted molar refractivity (Wildman–Crippen MR) is 107 cm³/mol. The molecule has 140 valence electrons. The lowest BCUT2D eigenvalue weighted by Crippen LogP contribution is -2.14. The van der Waals surface area contributed by atoms with E-state index in [9.17, 15) is 9.18 Å². The van der Waals surface area contributed by atoms with E-state index in [0.29, 0.717) is 28.2 Å². The van der Waals surface area contributed by atoms with E-state index in [2.05, 4.69) is 27.1 Å². The standard InChI is InChI=1S/C18H18FN5OS2/c1-4-9-24-16(13-7-5-6-8-14(13)19)22-23-18(24)26-10-15(25)21-17-20-11(2)12(3)27-17/h4-8H,1,9-10H2,2-3H3,(H,20,21,25). The maximum atomic E-state index is 14.1. The average molecular weight is 404 g/mol. The number of hydrogen-bond donors (Lipinski definition) is 1. The number of nitrogens with zero attached hydrogens (tertiary/aromatic N) is 4. The molecular formula is C18H18FN5OS2. The summed E-state index contributed by atoms with van der Waals surface area (Å²) in [6, 6.07) is 6.38. The number of carbonyl (C=O) groups excluding carboxylic acids is 1. The van der Waals surface area contributed by atoms with Crippen molar-refractivity contribution in [3.8, 4) is 11.4 Å². The molecule has 1 amide bonds. The molecule has 3 aromatic rings. The summed E-state index contributed by atoms with van der Waals surface area (Å²) in [4.78, 5) is 17.6. The number of thioether (sulfide) groups is 1. The molecule has 27 heavy (non-hydrogen) atoms. The summed E-state index contributed by atoms with van der Waals surface area (Å²) in [5, 5.41) is 12.1. The van der Waals surface area contributed by atoms with E-state index in [1.807, 2.05) is 13.8 Å². The lowest BCUT2D eigenvalue weighted by Gasteiger charge is -2.08. The van der Waals surface area contributed by atoms with Gasteiger partial charge < -0.3 is 5.32 Å². The number of thiazole rings is 1. The van der Waals surface area contributed by atoms with Gasteiger partial charge in [-0.05, 0) is 26.0 Å². The Kier molecular flexibility index (Phi) is 6.02. The van der Waals surface area contributed by atoms with Gasteiger partial charge in [0.05, 0.1) is 17.0 Å². The number of carbonyl (C=O) groups is 1. The lowest BCUT2D eigenvalue weighted by atomic mass is 10.2. The SMILES string of the molecule is C=CCn1c(SCC(=O)Nc2nc(C)c(C)s2)nnc1-c1ccccc1F. The minimum Gasteiger partial charge on any atom is -0.301 e. The predicted octanol–water partition coefficient (Wildman–Crippen LogP) is 4.07. The van der Waals surface area contributed by atoms with Crippen LogP contribution in [0.25, 0.3) is 11.4 Å². The van der Waals surface area contributed by atoms with Crippen molar-refractivity contribution in [2.45, 2.75) is 25.5 Å². The van der Waals surface area contributed by atoms with Crippen LogP contribution in [0.5, 0.6) is 0 Å². The monoisotopic (exact) mass is 403 g/mol. The first kappa shape index (κ1) is 19.2. The number of aromatic nitrogens is 4. The summed E-state index contributed by atoms with van der Waals surface area (Å²) < 4.78 is 15.8. The molecule has 0 saturated carbocycles. The van der Waals surface area contributed by atoms with Crippen LogP contribution in [-0.4, -0.2) is 31.4 Å². The molecule has 0 aliphatic rings. The molecule has 6 nitrogen and oxygen atoms in total. The van der Waals surface area contributed by atoms with Crippen molar-refractivity contribution in [3.05, 3.63) is 53.3 Å². The van der Waals surface area contributed by atoms with Gasteiger partial charge in [-0.25, -0.2) is 9.37 Å². The Balaban J connectivity index is 1.74. The van der Waals surface area contributed by atoms with Gasteiger partial charge in [0.2, 0.25) is 5.91 Å². The zero-order chi connectivity index (χ0) is 19.4. The molecule has 2 aromatic heterocycles. The van der Waals surface area contributed by atoms with Gasteiger partial charge in [-0.2, -0.15) is 0 Å². The molecule has 1 N–H and O–H groups in total. The zero-order valence-corrected chi connectivity index (χ0v) is 16.5. The summed E-state index contributed by atoms with van der Waals surface area (Å²) in [7, 11) is 0. The lowest BCUT2D eigenvalue weighted by molar-refractivity contribution is -0.113. The van der Waals surface area contributed by atoms with Crippen molar-refractivity contribution >= 4 is 34.1 Å². The van der Waals surface area contributed by atoms with Crippen molar-refractivity contribution in [3.63, 3.8) is 0 Å². The topological polar surface area (TPSA) is 72.7 Å². The fourth-order valence-electron chi connectivity index (χ4n) is 2.34. The van der Waals surface area contributed by atoms with E-state index >= 15 is 0 Å². The zero-order valence-electron chi connectivity index (χ0n) is 14.9. The van der Waals surface area contributed by atoms with Crippen LogP contribution < -0.4 is 5.32 Å². The number of hydrogen-bond acceptors (Lipinski definition) is 6. The maximum absolute atomic E-state index is 14.1. The molecule has 0 unspecified atom stereocenters. The largest absolute Gasteiger partial charge is 0.301 e. The van der Waals surface area contributed by atoms with E-state index in [1.165, 1.54) is 29.2 Å². The molecule has 1 aromatic carbocycles. The van der Waals surface area contributed by atoms with Crippen LogP contribution in [0.15, 0.2) is 42.1 Å². The first-order chi connectivity index (χ1) is 13.0. The van der Waals surface area contributed by atoms with E-state index in [1.54, 1.807) is 28.8 Å². The molecule has 0 atom stereocenters. The van der Waals surface area contributed by atoms with Crippen molar-refractivity contribution < 1.29 is 9.18 Å². The summed E-state index contributed by atoms with van der Waals surface area (Å²) in [6.45, 7) is 8.00. The van der Waals surface area contributed by atoms with Crippen LogP contribution in [0.2, 0.25) is 0 Å². The molecule has 0 bridgehead atoms. The van der Waals surface area contributed by atoms with Gasteiger partial charge in [-0.1, -0.05) is 30.0 Å². The van der Waals surface area contributed by atoms with Crippen molar-refractivity contribution in [1.29, 1.82) is 0 Å². The highest BCUT2D eigenvalue weighted by Crippen LogP contribution is 2.26. The van der Waals surface area contributed by atoms with Crippen LogP contribution in [0.3, 0.4) is 0 Å². The number of nitrogens with one attached hydrogen (secondary N) is 1. The smallest absolute Gasteiger partial charge is 0.236 e. The third-order valence-electron chi connectivity index (χ3n) is 3.75. The van der Waals surface area contributed by atoms with Gasteiger partial charge in [0.25, 0.3) is 0 Å². The van der Waals surface area contributed by atoms with E-state index < -0.39 is 0 Å². The van der Waals surface area contributed by atoms with Gasteiger partial charge in [0, 0.05) is 11.4 Å². The Morgan fingerprint density at radius 3 is 2.81 bits per heavy atom. The summed E-state index contributed by atoms with van der Waals surface area (Å²) in [6.07, 6.45) is 1.68. The highest BCUT2D eigenvalue weighted by Gasteiger charge is 2.17. The number of halogens is 1. The number of aryl methyl sites for hydroxylation is 2. The fraction of sp³-hybridized carbons (Fsp3) is 0.222. The Morgan fingerprint density at radius 1 is 1.37 bits per heavy atom. The van der Waals surface area contributed by atoms with Gasteiger partial charge in [-0.15, -0.1) is 28.1 Å². The molecule has 0 radical (unpaired) electrons. The van der Waals surface area contributed by atoms with Crippen LogP contribution in [0.1, 0.15) is 10.6 Å². The molecule has 2 heterocycles. The number of rotatable bonds is 7. The molecule has 0 spiro atoms. The molecule has 9 heteroatoms. The molecule has 0 fully saturated rings. The van der Waals surface area contributed by atoms with Crippen LogP contribution in [0, 0.1) is 19.7 Å². The van der Waals surface area contributed by atoms with E-state index in [0.717, 1.165) is 10.6 Å². The highest BCUT2D eigenvalue weighted by molar-refractivity contribution is 7.99. The minimum atomic E-state index is -0.376. The Hall–Kier alpha value is -2.52. The third-order valence-corrected chi connectivity index (χ3v) is 5.71. The van der Waals surface area contributed by atoms with Gasteiger partial charge in [-0.3, -0.25) is 9.36 Å². The minimum absolute atomic E-state index is 0.143. The highest BCUT2D eigenvalue weighted by atomic mass is 32.2. The summed E-state index contributed by atoms with van der Waals surface area (Å²) in [5.74, 6) is -0.0139. The molecule has 3 rings (SSSR count). The summed E-state index contributed by atoms with van der Waals surface area (Å²) in [5.41, 5.74) is 1.26. The second-order valence-electron chi connectivity index (χ2n) is 5.68. The van der Waals surface area contributed by atoms with E-state index in [4.69, 9.17) is 0 Å². The second kappa shape index (κ2) is 8.45. The average Bonchev–Trinajstić information content (AvgIpc) is 3.17. The quantitative estimate of drug-likeness (QED) is 0.475. The number of allylic oxidation sites excluding steroid dienone is 1. The molecule has 0 aliphatic carbocycles. The third kappa shape index (κ3) is 4.42. The molecular weight excluding hydrogens is 385 g/mol. The van der Waals surface area contributed by atoms with Crippen molar-refractivity contribution in [2.24, 2.45) is 0 Å². The number of benzene rings is 1. The van der Waals surface area contributed by atoms with E-state index in [-0.39, 0.29) is 17.5 Å². The Labute approximate surface area is 164 Å². The van der Waals surface area contributed by atoms with Crippen LogP contribution >= 0.6 is 23.1 Å². The maximum Gasteiger partial charge on any atom is 0.236 e. The first-order valence-corrected chi connectivity index (χ1v) is 9.95. The molecule has 0 aliphatic heterocycles.